The Kier molecular flexibility index (Phi) is 6.81. The number of rotatable bonds is 6. The number of methoxy groups -OCH3 is 1. The number of hydrogen-bond acceptors (Lipinski definition) is 4. The van der Waals surface area contributed by atoms with E-state index in [4.69, 9.17) is 11.6 Å². The zero-order chi connectivity index (χ0) is 15.1. The average molecular weight is 320 g/mol. The Morgan fingerprint density at radius 3 is 2.80 bits per heavy atom. The smallest absolute Gasteiger partial charge is 0.309 e. The van der Waals surface area contributed by atoms with Crippen molar-refractivity contribution in [3.63, 3.8) is 0 Å². The first-order valence-corrected chi connectivity index (χ1v) is 7.37. The molecule has 0 spiro atoms. The van der Waals surface area contributed by atoms with Crippen molar-refractivity contribution in [2.75, 3.05) is 23.9 Å². The fourth-order valence-corrected chi connectivity index (χ4v) is 2.41. The normalized spacial score (nSPS) is 11.8. The van der Waals surface area contributed by atoms with Crippen LogP contribution in [0.1, 0.15) is 6.92 Å². The lowest BCUT2D eigenvalue weighted by molar-refractivity contribution is -0.144. The molecule has 1 amide bonds. The maximum atomic E-state index is 12.9. The van der Waals surface area contributed by atoms with Crippen molar-refractivity contribution in [2.45, 2.75) is 6.92 Å². The maximum absolute atomic E-state index is 12.9. The van der Waals surface area contributed by atoms with E-state index in [0.29, 0.717) is 11.4 Å². The van der Waals surface area contributed by atoms with E-state index in [-0.39, 0.29) is 28.6 Å². The number of nitrogens with one attached hydrogen (secondary N) is 1. The molecule has 0 saturated heterocycles. The second-order valence-corrected chi connectivity index (χ2v) is 5.55. The molecular formula is C13H15ClFNO3S. The Bertz CT molecular complexity index is 499. The molecule has 1 N–H and O–H groups in total. The summed E-state index contributed by atoms with van der Waals surface area (Å²) in [6, 6.07) is 3.96. The van der Waals surface area contributed by atoms with Crippen LogP contribution in [0.5, 0.6) is 0 Å². The highest BCUT2D eigenvalue weighted by Gasteiger charge is 2.14. The van der Waals surface area contributed by atoms with Crippen LogP contribution in [-0.2, 0) is 14.3 Å². The molecule has 0 radical (unpaired) electrons. The van der Waals surface area contributed by atoms with E-state index in [1.807, 2.05) is 0 Å². The Morgan fingerprint density at radius 1 is 1.50 bits per heavy atom. The molecule has 0 bridgehead atoms. The molecule has 110 valence electrons. The molecule has 0 aliphatic heterocycles. The van der Waals surface area contributed by atoms with Crippen LogP contribution >= 0.6 is 23.4 Å². The molecule has 1 unspecified atom stereocenters. The first-order chi connectivity index (χ1) is 9.43. The van der Waals surface area contributed by atoms with Crippen LogP contribution in [0.2, 0.25) is 5.02 Å². The number of halogens is 2. The summed E-state index contributed by atoms with van der Waals surface area (Å²) in [7, 11) is 1.33. The van der Waals surface area contributed by atoms with Crippen molar-refractivity contribution in [1.29, 1.82) is 0 Å². The molecule has 0 heterocycles. The van der Waals surface area contributed by atoms with E-state index in [0.717, 1.165) is 0 Å². The number of carbonyl (C=O) groups excluding carboxylic acids is 2. The van der Waals surface area contributed by atoms with Crippen molar-refractivity contribution in [3.05, 3.63) is 29.0 Å². The van der Waals surface area contributed by atoms with Gasteiger partial charge in [-0.25, -0.2) is 4.39 Å². The number of anilines is 1. The molecule has 20 heavy (non-hydrogen) atoms. The summed E-state index contributed by atoms with van der Waals surface area (Å²) < 4.78 is 17.5. The van der Waals surface area contributed by atoms with E-state index in [2.05, 4.69) is 10.1 Å². The van der Waals surface area contributed by atoms with Crippen LogP contribution in [0.25, 0.3) is 0 Å². The van der Waals surface area contributed by atoms with Crippen LogP contribution < -0.4 is 5.32 Å². The van der Waals surface area contributed by atoms with Gasteiger partial charge in [0.2, 0.25) is 5.91 Å². The fourth-order valence-electron chi connectivity index (χ4n) is 1.37. The molecule has 1 aromatic carbocycles. The van der Waals surface area contributed by atoms with E-state index in [1.165, 1.54) is 37.1 Å². The third-order valence-corrected chi connectivity index (χ3v) is 3.90. The van der Waals surface area contributed by atoms with Crippen LogP contribution in [0.15, 0.2) is 18.2 Å². The van der Waals surface area contributed by atoms with Gasteiger partial charge in [0.05, 0.1) is 23.8 Å². The van der Waals surface area contributed by atoms with Crippen LogP contribution in [0, 0.1) is 11.7 Å². The molecule has 1 aromatic rings. The Hall–Kier alpha value is -1.27. The highest BCUT2D eigenvalue weighted by molar-refractivity contribution is 8.00. The van der Waals surface area contributed by atoms with Crippen LogP contribution in [-0.4, -0.2) is 30.5 Å². The van der Waals surface area contributed by atoms with Gasteiger partial charge < -0.3 is 10.1 Å². The molecule has 0 fully saturated rings. The van der Waals surface area contributed by atoms with E-state index >= 15 is 0 Å². The van der Waals surface area contributed by atoms with Gasteiger partial charge in [-0.1, -0.05) is 18.5 Å². The Labute approximate surface area is 126 Å². The predicted octanol–water partition coefficient (Wildman–Crippen LogP) is 2.96. The standard InChI is InChI=1S/C13H15ClFNO3S/c1-8(13(18)19-2)6-20-7-12(17)16-9-3-4-11(15)10(14)5-9/h3-5,8H,6-7H2,1-2H3,(H,16,17). The van der Waals surface area contributed by atoms with Crippen molar-refractivity contribution < 1.29 is 18.7 Å². The van der Waals surface area contributed by atoms with Gasteiger partial charge in [-0.05, 0) is 18.2 Å². The van der Waals surface area contributed by atoms with Gasteiger partial charge in [0.25, 0.3) is 0 Å². The average Bonchev–Trinajstić information content (AvgIpc) is 2.41. The second-order valence-electron chi connectivity index (χ2n) is 4.12. The fraction of sp³-hybridized carbons (Fsp3) is 0.385. The summed E-state index contributed by atoms with van der Waals surface area (Å²) in [5.74, 6) is -0.664. The third-order valence-electron chi connectivity index (χ3n) is 2.41. The van der Waals surface area contributed by atoms with Gasteiger partial charge >= 0.3 is 5.97 Å². The predicted molar refractivity (Wildman–Crippen MR) is 78.5 cm³/mol. The lowest BCUT2D eigenvalue weighted by Crippen LogP contribution is -2.18. The van der Waals surface area contributed by atoms with Gasteiger partial charge in [-0.15, -0.1) is 0 Å². The maximum Gasteiger partial charge on any atom is 0.309 e. The summed E-state index contributed by atoms with van der Waals surface area (Å²) in [4.78, 5) is 22.8. The van der Waals surface area contributed by atoms with Crippen LogP contribution in [0.3, 0.4) is 0 Å². The summed E-state index contributed by atoms with van der Waals surface area (Å²) in [6.07, 6.45) is 0. The summed E-state index contributed by atoms with van der Waals surface area (Å²) in [5.41, 5.74) is 0.433. The minimum Gasteiger partial charge on any atom is -0.469 e. The summed E-state index contributed by atoms with van der Waals surface area (Å²) in [5, 5.41) is 2.55. The number of hydrogen-bond donors (Lipinski definition) is 1. The largest absolute Gasteiger partial charge is 0.469 e. The second kappa shape index (κ2) is 8.11. The third kappa shape index (κ3) is 5.38. The number of esters is 1. The number of benzene rings is 1. The number of amides is 1. The van der Waals surface area contributed by atoms with Gasteiger partial charge in [-0.3, -0.25) is 9.59 Å². The molecule has 0 aromatic heterocycles. The molecule has 1 rings (SSSR count). The van der Waals surface area contributed by atoms with Crippen LogP contribution in [0.4, 0.5) is 10.1 Å². The Balaban J connectivity index is 2.37. The quantitative estimate of drug-likeness (QED) is 0.819. The van der Waals surface area contributed by atoms with Crippen molar-refractivity contribution in [1.82, 2.24) is 0 Å². The van der Waals surface area contributed by atoms with Gasteiger partial charge in [0, 0.05) is 11.4 Å². The zero-order valence-corrected chi connectivity index (χ0v) is 12.7. The van der Waals surface area contributed by atoms with Gasteiger partial charge in [0.1, 0.15) is 5.82 Å². The van der Waals surface area contributed by atoms with E-state index < -0.39 is 5.82 Å². The van der Waals surface area contributed by atoms with E-state index in [1.54, 1.807) is 6.92 Å². The number of thioether (sulfide) groups is 1. The highest BCUT2D eigenvalue weighted by Crippen LogP contribution is 2.19. The molecule has 0 aliphatic carbocycles. The topological polar surface area (TPSA) is 55.4 Å². The van der Waals surface area contributed by atoms with Crippen molar-refractivity contribution in [2.24, 2.45) is 5.92 Å². The molecule has 7 heteroatoms. The molecule has 0 aliphatic rings. The lowest BCUT2D eigenvalue weighted by atomic mass is 10.2. The minimum atomic E-state index is -0.536. The van der Waals surface area contributed by atoms with Gasteiger partial charge in [0.15, 0.2) is 0 Å². The van der Waals surface area contributed by atoms with Crippen molar-refractivity contribution in [3.8, 4) is 0 Å². The highest BCUT2D eigenvalue weighted by atomic mass is 35.5. The molecular weight excluding hydrogens is 305 g/mol. The number of carbonyl (C=O) groups is 2. The monoisotopic (exact) mass is 319 g/mol. The van der Waals surface area contributed by atoms with E-state index in [9.17, 15) is 14.0 Å². The SMILES string of the molecule is COC(=O)C(C)CSCC(=O)Nc1ccc(F)c(Cl)c1. The molecule has 0 saturated carbocycles. The first-order valence-electron chi connectivity index (χ1n) is 5.84. The molecule has 1 atom stereocenters. The number of ether oxygens (including phenoxy) is 1. The Morgan fingerprint density at radius 2 is 2.20 bits per heavy atom. The summed E-state index contributed by atoms with van der Waals surface area (Å²) in [6.45, 7) is 1.73. The van der Waals surface area contributed by atoms with Gasteiger partial charge in [-0.2, -0.15) is 11.8 Å². The summed E-state index contributed by atoms with van der Waals surface area (Å²) >= 11 is 6.93. The molecule has 4 nitrogen and oxygen atoms in total. The minimum absolute atomic E-state index is 0.0465. The zero-order valence-electron chi connectivity index (χ0n) is 11.1. The van der Waals surface area contributed by atoms with Crippen molar-refractivity contribution >= 4 is 40.9 Å². The first kappa shape index (κ1) is 16.8. The lowest BCUT2D eigenvalue weighted by Gasteiger charge is -2.09.